The highest BCUT2D eigenvalue weighted by Gasteiger charge is 2.37. The second-order valence-corrected chi connectivity index (χ2v) is 16.3. The zero-order valence-electron chi connectivity index (χ0n) is 35.2. The van der Waals surface area contributed by atoms with Crippen molar-refractivity contribution in [2.24, 2.45) is 11.8 Å². The van der Waals surface area contributed by atoms with Gasteiger partial charge in [0.1, 0.15) is 35.6 Å². The molecule has 0 radical (unpaired) electrons. The molecule has 2 heterocycles. The second kappa shape index (κ2) is 22.7. The molecule has 58 heavy (non-hydrogen) atoms. The number of benzene rings is 1. The van der Waals surface area contributed by atoms with Crippen LogP contribution in [0.2, 0.25) is 0 Å². The molecule has 2 aliphatic heterocycles. The molecule has 6 atom stereocenters. The van der Waals surface area contributed by atoms with E-state index in [1.165, 1.54) is 24.1 Å². The summed E-state index contributed by atoms with van der Waals surface area (Å²) in [6.07, 6.45) is 12.5. The number of nitrogens with one attached hydrogen (secondary N) is 3. The quantitative estimate of drug-likeness (QED) is 0.152. The number of ketones is 1. The third-order valence-electron chi connectivity index (χ3n) is 9.70. The van der Waals surface area contributed by atoms with Crippen molar-refractivity contribution in [2.75, 3.05) is 6.54 Å². The van der Waals surface area contributed by atoms with Crippen LogP contribution in [0.3, 0.4) is 0 Å². The molecule has 3 rings (SSSR count). The minimum Gasteiger partial charge on any atom is -0.457 e. The van der Waals surface area contributed by atoms with E-state index in [1.807, 2.05) is 36.4 Å². The van der Waals surface area contributed by atoms with Gasteiger partial charge in [0.2, 0.25) is 11.8 Å². The smallest absolute Gasteiger partial charge is 0.331 e. The Kier molecular flexibility index (Phi) is 18.5. The number of allylic oxidation sites excluding steroid dienone is 6. The molecule has 2 bridgehead atoms. The number of rotatable bonds is 9. The van der Waals surface area contributed by atoms with Gasteiger partial charge in [-0.1, -0.05) is 86.7 Å². The number of nitrogens with zero attached hydrogens (tertiary/aromatic N) is 1. The molecule has 5 unspecified atom stereocenters. The number of aliphatic hydroxyl groups excluding tert-OH is 1. The van der Waals surface area contributed by atoms with E-state index in [4.69, 9.17) is 9.47 Å². The van der Waals surface area contributed by atoms with Crippen molar-refractivity contribution >= 4 is 35.4 Å². The van der Waals surface area contributed by atoms with E-state index in [2.05, 4.69) is 16.1 Å². The largest absolute Gasteiger partial charge is 0.457 e. The zero-order chi connectivity index (χ0) is 43.0. The average Bonchev–Trinajstić information content (AvgIpc) is 3.16. The first kappa shape index (κ1) is 47.2. The Hall–Kier alpha value is -5.14. The lowest BCUT2D eigenvalue weighted by Gasteiger charge is -2.36. The van der Waals surface area contributed by atoms with Gasteiger partial charge >= 0.3 is 11.9 Å². The van der Waals surface area contributed by atoms with Gasteiger partial charge in [-0.2, -0.15) is 0 Å². The SMILES string of the molecule is CC(=O)CCC1C(=O)NC(C(C)C)C(=O)NC(Cc2ccccc2)C(=O)N2CCCC(N2)C(=O)O[C@H](/C(C)=C/C=C/C(=O)OC(C)(C)C)C/C=C/C=C/C=C(\C)C1O. The number of aliphatic hydroxyl groups is 1. The first-order valence-corrected chi connectivity index (χ1v) is 20.0. The van der Waals surface area contributed by atoms with Gasteiger partial charge in [-0.05, 0) is 83.4 Å². The minimum atomic E-state index is -1.27. The third kappa shape index (κ3) is 15.7. The van der Waals surface area contributed by atoms with Crippen molar-refractivity contribution in [3.63, 3.8) is 0 Å². The van der Waals surface area contributed by atoms with Gasteiger partial charge in [0.25, 0.3) is 5.91 Å². The van der Waals surface area contributed by atoms with Gasteiger partial charge in [-0.25, -0.2) is 10.2 Å². The fourth-order valence-electron chi connectivity index (χ4n) is 6.44. The molecule has 4 N–H and O–H groups in total. The summed E-state index contributed by atoms with van der Waals surface area (Å²) in [5, 5.41) is 18.4. The van der Waals surface area contributed by atoms with E-state index in [1.54, 1.807) is 78.8 Å². The Balaban J connectivity index is 2.05. The van der Waals surface area contributed by atoms with Crippen molar-refractivity contribution < 1.29 is 43.3 Å². The molecule has 0 spiro atoms. The highest BCUT2D eigenvalue weighted by molar-refractivity contribution is 5.93. The molecule has 0 aromatic heterocycles. The van der Waals surface area contributed by atoms with Crippen molar-refractivity contribution in [2.45, 2.75) is 130 Å². The number of amides is 3. The van der Waals surface area contributed by atoms with E-state index in [9.17, 15) is 33.9 Å². The highest BCUT2D eigenvalue weighted by Crippen LogP contribution is 2.22. The van der Waals surface area contributed by atoms with Gasteiger partial charge in [0.15, 0.2) is 0 Å². The lowest BCUT2D eigenvalue weighted by atomic mass is 9.89. The fraction of sp³-hybridized carbons (Fsp3) is 0.511. The van der Waals surface area contributed by atoms with Crippen molar-refractivity contribution in [3.8, 4) is 0 Å². The maximum absolute atomic E-state index is 14.3. The number of carbonyl (C=O) groups is 6. The molecule has 316 valence electrons. The summed E-state index contributed by atoms with van der Waals surface area (Å²) in [6, 6.07) is 6.15. The molecule has 13 heteroatoms. The Morgan fingerprint density at radius 3 is 2.38 bits per heavy atom. The topological polar surface area (TPSA) is 180 Å². The van der Waals surface area contributed by atoms with Crippen LogP contribution in [0.1, 0.15) is 93.1 Å². The molecule has 13 nitrogen and oxygen atoms in total. The first-order valence-electron chi connectivity index (χ1n) is 20.0. The molecule has 0 aliphatic carbocycles. The summed E-state index contributed by atoms with van der Waals surface area (Å²) in [4.78, 5) is 80.2. The number of hydrogen-bond acceptors (Lipinski definition) is 10. The molecular formula is C45H62N4O9. The number of fused-ring (bicyclic) bond motifs is 2. The summed E-state index contributed by atoms with van der Waals surface area (Å²) in [5.41, 5.74) is 4.28. The van der Waals surface area contributed by atoms with E-state index in [-0.39, 0.29) is 38.0 Å². The third-order valence-corrected chi connectivity index (χ3v) is 9.70. The number of hydrazine groups is 1. The van der Waals surface area contributed by atoms with Gasteiger partial charge in [-0.3, -0.25) is 24.2 Å². The zero-order valence-corrected chi connectivity index (χ0v) is 35.2. The lowest BCUT2D eigenvalue weighted by Crippen LogP contribution is -2.62. The number of ether oxygens (including phenoxy) is 2. The van der Waals surface area contributed by atoms with Crippen LogP contribution in [0, 0.1) is 11.8 Å². The maximum atomic E-state index is 14.3. The van der Waals surface area contributed by atoms with E-state index >= 15 is 0 Å². The van der Waals surface area contributed by atoms with Crippen molar-refractivity contribution in [1.29, 1.82) is 0 Å². The molecule has 1 aromatic rings. The van der Waals surface area contributed by atoms with Gasteiger partial charge in [0.05, 0.1) is 12.0 Å². The fourth-order valence-corrected chi connectivity index (χ4v) is 6.44. The predicted molar refractivity (Wildman–Crippen MR) is 221 cm³/mol. The molecular weight excluding hydrogens is 741 g/mol. The second-order valence-electron chi connectivity index (χ2n) is 16.3. The first-order chi connectivity index (χ1) is 27.4. The maximum Gasteiger partial charge on any atom is 0.331 e. The van der Waals surface area contributed by atoms with Crippen molar-refractivity contribution in [3.05, 3.63) is 95.6 Å². The number of esters is 2. The number of Topliss-reactive ketones (excluding diaryl/α,β-unsaturated/α-hetero) is 1. The average molecular weight is 803 g/mol. The molecule has 1 fully saturated rings. The molecule has 1 aromatic carbocycles. The monoisotopic (exact) mass is 802 g/mol. The minimum absolute atomic E-state index is 0.0490. The summed E-state index contributed by atoms with van der Waals surface area (Å²) in [6.45, 7) is 14.0. The molecule has 0 saturated carbocycles. The van der Waals surface area contributed by atoms with Crippen LogP contribution in [-0.2, 0) is 44.7 Å². The lowest BCUT2D eigenvalue weighted by molar-refractivity contribution is -0.156. The Morgan fingerprint density at radius 1 is 1.02 bits per heavy atom. The number of carbonyl (C=O) groups excluding carboxylic acids is 6. The number of hydrogen-bond donors (Lipinski definition) is 4. The molecule has 2 aliphatic rings. The Labute approximate surface area is 343 Å². The van der Waals surface area contributed by atoms with Gasteiger partial charge < -0.3 is 30.0 Å². The van der Waals surface area contributed by atoms with Crippen LogP contribution >= 0.6 is 0 Å². The summed E-state index contributed by atoms with van der Waals surface area (Å²) < 4.78 is 11.4. The van der Waals surface area contributed by atoms with Crippen LogP contribution in [0.15, 0.2) is 90.1 Å². The summed E-state index contributed by atoms with van der Waals surface area (Å²) in [5.74, 6) is -4.36. The van der Waals surface area contributed by atoms with Gasteiger partial charge in [0, 0.05) is 31.9 Å². The van der Waals surface area contributed by atoms with E-state index < -0.39 is 77.4 Å². The van der Waals surface area contributed by atoms with E-state index in [0.29, 0.717) is 24.0 Å². The highest BCUT2D eigenvalue weighted by atomic mass is 16.6. The van der Waals surface area contributed by atoms with Crippen LogP contribution in [0.4, 0.5) is 0 Å². The van der Waals surface area contributed by atoms with Crippen LogP contribution in [0.5, 0.6) is 0 Å². The van der Waals surface area contributed by atoms with Crippen molar-refractivity contribution in [1.82, 2.24) is 21.1 Å². The number of cyclic esters (lactones) is 1. The normalized spacial score (nSPS) is 27.0. The summed E-state index contributed by atoms with van der Waals surface area (Å²) >= 11 is 0. The van der Waals surface area contributed by atoms with Crippen LogP contribution < -0.4 is 16.1 Å². The van der Waals surface area contributed by atoms with E-state index in [0.717, 1.165) is 5.56 Å². The standard InChI is InChI=1S/C45H62N4O9/c1-29(2)39-42(54)46-36(28-33-20-13-11-14-21-33)43(55)49-27-17-22-35(48-49)44(56)57-37(30(3)19-16-24-38(51)58-45(6,7)8)23-15-10-9-12-18-31(4)40(52)34(41(53)47-39)26-25-32(5)50/h9-16,18-21,24,29,34-37,39-40,48,52H,17,22-23,25-28H2,1-8H3,(H,46,54)(H,47,53)/b12-9+,15-10+,24-16+,30-19+,31-18+/t34?,35?,36?,37-,39?,40?/m0/s1. The Bertz CT molecular complexity index is 1760. The van der Waals surface area contributed by atoms with Gasteiger partial charge in [-0.15, -0.1) is 0 Å². The summed E-state index contributed by atoms with van der Waals surface area (Å²) in [7, 11) is 0. The molecule has 1 saturated heterocycles. The van der Waals surface area contributed by atoms with Crippen LogP contribution in [-0.4, -0.2) is 88.0 Å². The predicted octanol–water partition coefficient (Wildman–Crippen LogP) is 4.92. The Morgan fingerprint density at radius 2 is 1.72 bits per heavy atom. The molecule has 3 amide bonds. The van der Waals surface area contributed by atoms with Crippen LogP contribution in [0.25, 0.3) is 0 Å².